The van der Waals surface area contributed by atoms with E-state index in [-0.39, 0.29) is 19.1 Å². The number of phosphoric ester groups is 1. The second kappa shape index (κ2) is 34.0. The number of unbranched alkanes of at least 4 members (excludes halogenated alkanes) is 25. The number of quaternary nitrogens is 1. The van der Waals surface area contributed by atoms with Crippen LogP contribution in [0.1, 0.15) is 194 Å². The number of nitrogens with one attached hydrogen (secondary N) is 1. The van der Waals surface area contributed by atoms with Crippen LogP contribution in [-0.4, -0.2) is 68.5 Å². The molecule has 50 heavy (non-hydrogen) atoms. The van der Waals surface area contributed by atoms with E-state index in [0.29, 0.717) is 17.4 Å². The van der Waals surface area contributed by atoms with Crippen LogP contribution in [0.3, 0.4) is 0 Å². The third-order valence-electron chi connectivity index (χ3n) is 9.50. The molecule has 0 radical (unpaired) electrons. The molecule has 0 aromatic rings. The number of aliphatic hydroxyl groups excluding tert-OH is 1. The van der Waals surface area contributed by atoms with Crippen molar-refractivity contribution in [1.29, 1.82) is 0 Å². The number of aliphatic hydroxyl groups is 1. The van der Waals surface area contributed by atoms with Crippen molar-refractivity contribution in [3.8, 4) is 0 Å². The minimum Gasteiger partial charge on any atom is -0.756 e. The van der Waals surface area contributed by atoms with Gasteiger partial charge in [-0.2, -0.15) is 0 Å². The number of hydrogen-bond donors (Lipinski definition) is 2. The van der Waals surface area contributed by atoms with Gasteiger partial charge in [0.2, 0.25) is 5.91 Å². The number of nitrogens with zero attached hydrogens (tertiary/aromatic N) is 1. The molecule has 0 saturated carbocycles. The van der Waals surface area contributed by atoms with Crippen LogP contribution in [0.15, 0.2) is 12.2 Å². The lowest BCUT2D eigenvalue weighted by molar-refractivity contribution is -0.870. The molecule has 298 valence electrons. The van der Waals surface area contributed by atoms with E-state index >= 15 is 0 Å². The molecule has 0 spiro atoms. The van der Waals surface area contributed by atoms with Crippen molar-refractivity contribution in [2.24, 2.45) is 0 Å². The van der Waals surface area contributed by atoms with Crippen molar-refractivity contribution in [3.63, 3.8) is 0 Å². The molecule has 0 rings (SSSR count). The van der Waals surface area contributed by atoms with Crippen molar-refractivity contribution >= 4 is 13.7 Å². The molecule has 0 aliphatic rings. The molecular weight excluding hydrogens is 647 g/mol. The van der Waals surface area contributed by atoms with Crippen molar-refractivity contribution in [1.82, 2.24) is 5.32 Å². The Balaban J connectivity index is 4.38. The molecule has 0 aliphatic heterocycles. The first-order chi connectivity index (χ1) is 24.0. The molecule has 3 unspecified atom stereocenters. The maximum Gasteiger partial charge on any atom is 0.268 e. The minimum absolute atomic E-state index is 0.00179. The van der Waals surface area contributed by atoms with Crippen molar-refractivity contribution in [2.75, 3.05) is 40.9 Å². The second-order valence-electron chi connectivity index (χ2n) is 15.7. The number of rotatable bonds is 38. The molecule has 0 fully saturated rings. The molecule has 0 bridgehead atoms. The van der Waals surface area contributed by atoms with E-state index in [2.05, 4.69) is 19.2 Å². The lowest BCUT2D eigenvalue weighted by atomic mass is 10.0. The van der Waals surface area contributed by atoms with Gasteiger partial charge in [-0.3, -0.25) is 9.36 Å². The average Bonchev–Trinajstić information content (AvgIpc) is 3.06. The third-order valence-corrected chi connectivity index (χ3v) is 10.5. The molecule has 0 saturated heterocycles. The van der Waals surface area contributed by atoms with Gasteiger partial charge in [-0.15, -0.1) is 0 Å². The first-order valence-electron chi connectivity index (χ1n) is 21.1. The highest BCUT2D eigenvalue weighted by molar-refractivity contribution is 7.45. The molecule has 2 N–H and O–H groups in total. The lowest BCUT2D eigenvalue weighted by Crippen LogP contribution is -2.45. The van der Waals surface area contributed by atoms with E-state index in [1.54, 1.807) is 6.08 Å². The van der Waals surface area contributed by atoms with E-state index in [4.69, 9.17) is 9.05 Å². The second-order valence-corrected chi connectivity index (χ2v) is 17.1. The van der Waals surface area contributed by atoms with E-state index < -0.39 is 20.0 Å². The topological polar surface area (TPSA) is 108 Å². The smallest absolute Gasteiger partial charge is 0.268 e. The summed E-state index contributed by atoms with van der Waals surface area (Å²) in [6, 6.07) is -0.878. The fourth-order valence-electron chi connectivity index (χ4n) is 6.09. The summed E-state index contributed by atoms with van der Waals surface area (Å²) in [4.78, 5) is 25.2. The Hall–Kier alpha value is -0.760. The Bertz CT molecular complexity index is 834. The Morgan fingerprint density at radius 1 is 0.680 bits per heavy atom. The number of allylic oxidation sites excluding steroid dienone is 1. The van der Waals surface area contributed by atoms with Crippen molar-refractivity contribution in [3.05, 3.63) is 12.2 Å². The first-order valence-corrected chi connectivity index (χ1v) is 22.5. The van der Waals surface area contributed by atoms with Crippen LogP contribution in [0.2, 0.25) is 0 Å². The van der Waals surface area contributed by atoms with Crippen LogP contribution in [0.25, 0.3) is 0 Å². The van der Waals surface area contributed by atoms with Gasteiger partial charge in [0, 0.05) is 6.42 Å². The Morgan fingerprint density at radius 2 is 1.08 bits per heavy atom. The number of carbonyl (C=O) groups is 1. The average molecular weight is 731 g/mol. The Kier molecular flexibility index (Phi) is 33.5. The quantitative estimate of drug-likeness (QED) is 0.0283. The minimum atomic E-state index is -4.57. The maximum atomic E-state index is 12.8. The molecule has 0 aliphatic carbocycles. The molecule has 3 atom stereocenters. The van der Waals surface area contributed by atoms with E-state index in [1.807, 2.05) is 27.2 Å². The summed E-state index contributed by atoms with van der Waals surface area (Å²) < 4.78 is 23.1. The van der Waals surface area contributed by atoms with Gasteiger partial charge in [0.25, 0.3) is 7.82 Å². The number of phosphoric acid groups is 1. The van der Waals surface area contributed by atoms with Gasteiger partial charge >= 0.3 is 0 Å². The number of carbonyl (C=O) groups excluding carboxylic acids is 1. The predicted octanol–water partition coefficient (Wildman–Crippen LogP) is 10.6. The van der Waals surface area contributed by atoms with Crippen molar-refractivity contribution in [2.45, 2.75) is 206 Å². The third kappa shape index (κ3) is 35.6. The van der Waals surface area contributed by atoms with Crippen LogP contribution in [-0.2, 0) is 18.4 Å². The Morgan fingerprint density at radius 3 is 1.50 bits per heavy atom. The zero-order chi connectivity index (χ0) is 37.2. The molecule has 8 nitrogen and oxygen atoms in total. The van der Waals surface area contributed by atoms with Gasteiger partial charge in [-0.25, -0.2) is 0 Å². The molecule has 0 aromatic carbocycles. The number of hydrogen-bond acceptors (Lipinski definition) is 6. The van der Waals surface area contributed by atoms with Gasteiger partial charge in [0.15, 0.2) is 0 Å². The summed E-state index contributed by atoms with van der Waals surface area (Å²) in [5.41, 5.74) is 0. The van der Waals surface area contributed by atoms with Crippen LogP contribution in [0.5, 0.6) is 0 Å². The molecule has 9 heteroatoms. The highest BCUT2D eigenvalue weighted by Crippen LogP contribution is 2.38. The fourth-order valence-corrected chi connectivity index (χ4v) is 6.82. The van der Waals surface area contributed by atoms with Gasteiger partial charge in [-0.1, -0.05) is 180 Å². The largest absolute Gasteiger partial charge is 0.756 e. The van der Waals surface area contributed by atoms with Crippen molar-refractivity contribution < 1.29 is 32.9 Å². The maximum absolute atomic E-state index is 12.8. The molecule has 0 heterocycles. The summed E-state index contributed by atoms with van der Waals surface area (Å²) in [7, 11) is 1.27. The standard InChI is InChI=1S/C41H83N2O6P/c1-6-8-10-12-14-16-18-19-20-21-22-23-25-27-29-31-33-35-41(45)42-39(38-49-50(46,47)48-37-36-43(3,4)5)40(44)34-32-30-28-26-24-17-15-13-11-9-7-2/h32,34,39-40,44H,6-31,33,35-38H2,1-5H3,(H-,42,45,46,47)/b34-32+. The highest BCUT2D eigenvalue weighted by Gasteiger charge is 2.23. The molecule has 1 amide bonds. The van der Waals surface area contributed by atoms with Crippen LogP contribution in [0.4, 0.5) is 0 Å². The first kappa shape index (κ1) is 49.2. The van der Waals surface area contributed by atoms with Gasteiger partial charge in [0.1, 0.15) is 13.2 Å². The predicted molar refractivity (Wildman–Crippen MR) is 210 cm³/mol. The Labute approximate surface area is 310 Å². The number of amides is 1. The number of likely N-dealkylation sites (N-methyl/N-ethyl adjacent to an activating group) is 1. The summed E-state index contributed by atoms with van der Waals surface area (Å²) in [5, 5.41) is 13.7. The van der Waals surface area contributed by atoms with Gasteiger partial charge < -0.3 is 28.8 Å². The summed E-state index contributed by atoms with van der Waals surface area (Å²) in [5.74, 6) is -0.197. The van der Waals surface area contributed by atoms with E-state index in [9.17, 15) is 19.4 Å². The van der Waals surface area contributed by atoms with Gasteiger partial charge in [-0.05, 0) is 19.3 Å². The summed E-state index contributed by atoms with van der Waals surface area (Å²) in [6.07, 6.45) is 36.8. The summed E-state index contributed by atoms with van der Waals surface area (Å²) >= 11 is 0. The lowest BCUT2D eigenvalue weighted by Gasteiger charge is -2.29. The summed E-state index contributed by atoms with van der Waals surface area (Å²) in [6.45, 7) is 4.64. The van der Waals surface area contributed by atoms with E-state index in [1.165, 1.54) is 135 Å². The SMILES string of the molecule is CCCCCCCCCCC/C=C/C(O)C(COP(=O)([O-])OCC[N+](C)(C)C)NC(=O)CCCCCCCCCCCCCCCCCCC. The zero-order valence-corrected chi connectivity index (χ0v) is 34.5. The van der Waals surface area contributed by atoms with Crippen LogP contribution in [0, 0.1) is 0 Å². The zero-order valence-electron chi connectivity index (χ0n) is 33.6. The highest BCUT2D eigenvalue weighted by atomic mass is 31.2. The normalized spacial score (nSPS) is 14.6. The monoisotopic (exact) mass is 731 g/mol. The van der Waals surface area contributed by atoms with E-state index in [0.717, 1.165) is 38.5 Å². The molecular formula is C41H83N2O6P. The van der Waals surface area contributed by atoms with Gasteiger partial charge in [0.05, 0.1) is 39.9 Å². The fraction of sp³-hybridized carbons (Fsp3) is 0.927. The van der Waals surface area contributed by atoms with Crippen LogP contribution >= 0.6 is 7.82 Å². The van der Waals surface area contributed by atoms with Crippen LogP contribution < -0.4 is 10.2 Å². The molecule has 0 aromatic heterocycles.